The highest BCUT2D eigenvalue weighted by atomic mass is 79.9. The molecular weight excluding hydrogens is 390 g/mol. The molecule has 0 saturated heterocycles. The molecule has 0 amide bonds. The standard InChI is InChI=1S/C14H12BrN9O/c1-9(7-23-8-18-21-22-23)25-10-4-12(19-17-5-10)11-2-3-14-16-6-13(15)24(14)20-11/h2-6,8-9H,7H2,1H3. The SMILES string of the molecule is CC(Cn1cnnn1)Oc1cnnc(-c2ccc3ncc(Br)n3n2)c1. The third-order valence-corrected chi connectivity index (χ3v) is 3.93. The Bertz CT molecular complexity index is 1000. The molecular formula is C14H12BrN9O. The number of imidazole rings is 1. The van der Waals surface area contributed by atoms with Crippen LogP contribution in [-0.4, -0.2) is 51.1 Å². The molecule has 1 unspecified atom stereocenters. The van der Waals surface area contributed by atoms with E-state index in [4.69, 9.17) is 4.74 Å². The third kappa shape index (κ3) is 3.31. The van der Waals surface area contributed by atoms with Gasteiger partial charge in [0.15, 0.2) is 5.65 Å². The summed E-state index contributed by atoms with van der Waals surface area (Å²) < 4.78 is 9.92. The van der Waals surface area contributed by atoms with Crippen molar-refractivity contribution < 1.29 is 4.74 Å². The molecule has 1 atom stereocenters. The monoisotopic (exact) mass is 401 g/mol. The molecule has 4 aromatic heterocycles. The molecule has 11 heteroatoms. The minimum Gasteiger partial charge on any atom is -0.487 e. The number of nitrogens with zero attached hydrogens (tertiary/aromatic N) is 9. The van der Waals surface area contributed by atoms with Crippen molar-refractivity contribution in [3.8, 4) is 17.1 Å². The van der Waals surface area contributed by atoms with Crippen molar-refractivity contribution in [3.05, 3.63) is 41.5 Å². The van der Waals surface area contributed by atoms with Gasteiger partial charge in [0, 0.05) is 6.07 Å². The Balaban J connectivity index is 1.56. The molecule has 126 valence electrons. The molecule has 0 spiro atoms. The lowest BCUT2D eigenvalue weighted by Gasteiger charge is -2.14. The number of hydrogen-bond donors (Lipinski definition) is 0. The minimum atomic E-state index is -0.140. The van der Waals surface area contributed by atoms with E-state index in [2.05, 4.69) is 51.7 Å². The molecule has 4 rings (SSSR count). The topological polar surface area (TPSA) is 109 Å². The van der Waals surface area contributed by atoms with Crippen LogP contribution in [0.3, 0.4) is 0 Å². The molecule has 0 aromatic carbocycles. The number of tetrazole rings is 1. The van der Waals surface area contributed by atoms with Crippen LogP contribution in [0.25, 0.3) is 17.0 Å². The van der Waals surface area contributed by atoms with Gasteiger partial charge >= 0.3 is 0 Å². The largest absolute Gasteiger partial charge is 0.487 e. The van der Waals surface area contributed by atoms with Gasteiger partial charge in [0.05, 0.1) is 18.9 Å². The van der Waals surface area contributed by atoms with Crippen LogP contribution in [0.1, 0.15) is 6.92 Å². The van der Waals surface area contributed by atoms with Crippen LogP contribution in [0.2, 0.25) is 0 Å². The predicted octanol–water partition coefficient (Wildman–Crippen LogP) is 1.40. The average molecular weight is 402 g/mol. The summed E-state index contributed by atoms with van der Waals surface area (Å²) in [4.78, 5) is 4.22. The number of halogens is 1. The highest BCUT2D eigenvalue weighted by Gasteiger charge is 2.11. The Labute approximate surface area is 150 Å². The molecule has 0 aliphatic heterocycles. The first kappa shape index (κ1) is 15.6. The minimum absolute atomic E-state index is 0.140. The number of ether oxygens (including phenoxy) is 1. The molecule has 0 aliphatic carbocycles. The van der Waals surface area contributed by atoms with Crippen LogP contribution in [0, 0.1) is 0 Å². The van der Waals surface area contributed by atoms with E-state index in [1.165, 1.54) is 6.33 Å². The van der Waals surface area contributed by atoms with Gasteiger partial charge in [0.2, 0.25) is 0 Å². The normalized spacial score (nSPS) is 12.4. The second-order valence-electron chi connectivity index (χ2n) is 5.31. The summed E-state index contributed by atoms with van der Waals surface area (Å²) in [7, 11) is 0. The van der Waals surface area contributed by atoms with Crippen LogP contribution in [0.5, 0.6) is 5.75 Å². The van der Waals surface area contributed by atoms with Crippen LogP contribution < -0.4 is 4.74 Å². The van der Waals surface area contributed by atoms with E-state index in [0.29, 0.717) is 23.7 Å². The molecule has 4 aromatic rings. The zero-order chi connectivity index (χ0) is 17.2. The van der Waals surface area contributed by atoms with Crippen molar-refractivity contribution in [1.82, 2.24) is 45.0 Å². The first-order valence-electron chi connectivity index (χ1n) is 7.40. The highest BCUT2D eigenvalue weighted by molar-refractivity contribution is 9.10. The van der Waals surface area contributed by atoms with Gasteiger partial charge < -0.3 is 4.74 Å². The van der Waals surface area contributed by atoms with Gasteiger partial charge in [-0.3, -0.25) is 0 Å². The zero-order valence-electron chi connectivity index (χ0n) is 13.1. The maximum Gasteiger partial charge on any atom is 0.154 e. The van der Waals surface area contributed by atoms with Crippen molar-refractivity contribution >= 4 is 21.6 Å². The first-order chi connectivity index (χ1) is 12.2. The maximum absolute atomic E-state index is 5.87. The summed E-state index contributed by atoms with van der Waals surface area (Å²) in [6.45, 7) is 2.45. The predicted molar refractivity (Wildman–Crippen MR) is 89.6 cm³/mol. The zero-order valence-corrected chi connectivity index (χ0v) is 14.6. The lowest BCUT2D eigenvalue weighted by molar-refractivity contribution is 0.192. The number of hydrogen-bond acceptors (Lipinski definition) is 8. The van der Waals surface area contributed by atoms with Gasteiger partial charge in [-0.05, 0) is 45.4 Å². The summed E-state index contributed by atoms with van der Waals surface area (Å²) in [6.07, 6.45) is 4.65. The fourth-order valence-corrected chi connectivity index (χ4v) is 2.68. The molecule has 4 heterocycles. The summed E-state index contributed by atoms with van der Waals surface area (Å²) in [5.41, 5.74) is 2.01. The first-order valence-corrected chi connectivity index (χ1v) is 8.19. The number of aromatic nitrogens is 9. The van der Waals surface area contributed by atoms with Gasteiger partial charge in [-0.25, -0.2) is 14.2 Å². The van der Waals surface area contributed by atoms with E-state index in [-0.39, 0.29) is 6.10 Å². The highest BCUT2D eigenvalue weighted by Crippen LogP contribution is 2.21. The maximum atomic E-state index is 5.87. The number of fused-ring (bicyclic) bond motifs is 1. The summed E-state index contributed by atoms with van der Waals surface area (Å²) in [5, 5.41) is 23.7. The van der Waals surface area contributed by atoms with E-state index in [0.717, 1.165) is 10.3 Å². The Kier molecular flexibility index (Phi) is 4.06. The van der Waals surface area contributed by atoms with Crippen LogP contribution in [-0.2, 0) is 6.54 Å². The fraction of sp³-hybridized carbons (Fsp3) is 0.214. The summed E-state index contributed by atoms with van der Waals surface area (Å²) in [5.74, 6) is 0.595. The molecule has 0 fully saturated rings. The van der Waals surface area contributed by atoms with Gasteiger partial charge in [-0.15, -0.1) is 10.2 Å². The molecule has 0 bridgehead atoms. The van der Waals surface area contributed by atoms with Crippen molar-refractivity contribution in [2.45, 2.75) is 19.6 Å². The van der Waals surface area contributed by atoms with E-state index in [9.17, 15) is 0 Å². The lowest BCUT2D eigenvalue weighted by Crippen LogP contribution is -2.20. The Morgan fingerprint density at radius 1 is 1.20 bits per heavy atom. The molecule has 0 N–H and O–H groups in total. The number of rotatable bonds is 5. The van der Waals surface area contributed by atoms with Crippen molar-refractivity contribution in [2.24, 2.45) is 0 Å². The summed E-state index contributed by atoms with van der Waals surface area (Å²) in [6, 6.07) is 5.50. The van der Waals surface area contributed by atoms with E-state index in [1.807, 2.05) is 19.1 Å². The molecule has 25 heavy (non-hydrogen) atoms. The third-order valence-electron chi connectivity index (χ3n) is 3.39. The lowest BCUT2D eigenvalue weighted by atomic mass is 10.2. The van der Waals surface area contributed by atoms with Crippen LogP contribution >= 0.6 is 15.9 Å². The Morgan fingerprint density at radius 2 is 2.12 bits per heavy atom. The Hall–Kier alpha value is -2.95. The van der Waals surface area contributed by atoms with Crippen molar-refractivity contribution in [2.75, 3.05) is 0 Å². The van der Waals surface area contributed by atoms with E-state index in [1.54, 1.807) is 27.7 Å². The average Bonchev–Trinajstić information content (AvgIpc) is 3.25. The second kappa shape index (κ2) is 6.51. The molecule has 0 saturated carbocycles. The molecule has 0 radical (unpaired) electrons. The van der Waals surface area contributed by atoms with E-state index < -0.39 is 0 Å². The van der Waals surface area contributed by atoms with Gasteiger partial charge in [0.1, 0.15) is 34.2 Å². The summed E-state index contributed by atoms with van der Waals surface area (Å²) >= 11 is 3.41. The van der Waals surface area contributed by atoms with Gasteiger partial charge in [-0.2, -0.15) is 10.2 Å². The van der Waals surface area contributed by atoms with E-state index >= 15 is 0 Å². The fourth-order valence-electron chi connectivity index (χ4n) is 2.32. The second-order valence-corrected chi connectivity index (χ2v) is 6.12. The van der Waals surface area contributed by atoms with Crippen molar-refractivity contribution in [3.63, 3.8) is 0 Å². The molecule has 10 nitrogen and oxygen atoms in total. The van der Waals surface area contributed by atoms with Crippen LogP contribution in [0.4, 0.5) is 0 Å². The molecule has 0 aliphatic rings. The van der Waals surface area contributed by atoms with Gasteiger partial charge in [0.25, 0.3) is 0 Å². The van der Waals surface area contributed by atoms with Gasteiger partial charge in [-0.1, -0.05) is 0 Å². The van der Waals surface area contributed by atoms with Crippen molar-refractivity contribution in [1.29, 1.82) is 0 Å². The quantitative estimate of drug-likeness (QED) is 0.493. The Morgan fingerprint density at radius 3 is 2.96 bits per heavy atom. The van der Waals surface area contributed by atoms with Crippen LogP contribution in [0.15, 0.2) is 41.5 Å². The smallest absolute Gasteiger partial charge is 0.154 e.